The van der Waals surface area contributed by atoms with Crippen LogP contribution in [0.3, 0.4) is 0 Å². The van der Waals surface area contributed by atoms with E-state index in [9.17, 15) is 4.79 Å². The number of benzene rings is 1. The second-order valence-corrected chi connectivity index (χ2v) is 8.87. The molecule has 1 amide bonds. The van der Waals surface area contributed by atoms with Gasteiger partial charge >= 0.3 is 0 Å². The summed E-state index contributed by atoms with van der Waals surface area (Å²) in [5.41, 5.74) is 5.36. The Kier molecular flexibility index (Phi) is 7.13. The van der Waals surface area contributed by atoms with E-state index in [4.69, 9.17) is 4.74 Å². The average molecular weight is 451 g/mol. The Balaban J connectivity index is 1.16. The number of aromatic nitrogens is 3. The van der Waals surface area contributed by atoms with E-state index in [1.54, 1.807) is 4.68 Å². The number of pyridine rings is 1. The number of amides is 1. The van der Waals surface area contributed by atoms with Crippen molar-refractivity contribution in [2.24, 2.45) is 7.05 Å². The molecule has 0 bridgehead atoms. The number of hydrogen-bond donors (Lipinski definition) is 1. The van der Waals surface area contributed by atoms with Crippen LogP contribution in [0.1, 0.15) is 23.2 Å². The standard InChI is InChI=1S/C25H34N6O2/c1-18-7-5-8-21(15-18)31-13-11-30(12-14-31)10-6-9-26-22(32)17-33-25-23-19(2)16-20(3)27-24(23)29(4)28-25/h5,7-8,15-16H,6,9-14,17H2,1-4H3,(H,26,32). The molecule has 0 radical (unpaired) electrons. The molecule has 1 N–H and O–H groups in total. The molecule has 1 aliphatic heterocycles. The van der Waals surface area contributed by atoms with Crippen LogP contribution in [0.4, 0.5) is 5.69 Å². The quantitative estimate of drug-likeness (QED) is 0.532. The maximum Gasteiger partial charge on any atom is 0.258 e. The second kappa shape index (κ2) is 10.2. The zero-order chi connectivity index (χ0) is 23.4. The van der Waals surface area contributed by atoms with Gasteiger partial charge in [0.2, 0.25) is 5.88 Å². The van der Waals surface area contributed by atoms with Gasteiger partial charge in [-0.25, -0.2) is 9.67 Å². The van der Waals surface area contributed by atoms with Gasteiger partial charge in [0, 0.05) is 51.2 Å². The number of rotatable bonds is 8. The van der Waals surface area contributed by atoms with Crippen molar-refractivity contribution in [3.63, 3.8) is 0 Å². The number of piperazine rings is 1. The molecule has 0 spiro atoms. The minimum absolute atomic E-state index is 0.0470. The Bertz CT molecular complexity index is 1120. The third-order valence-corrected chi connectivity index (χ3v) is 6.14. The van der Waals surface area contributed by atoms with Crippen LogP contribution in [0, 0.1) is 20.8 Å². The fourth-order valence-electron chi connectivity index (χ4n) is 4.42. The monoisotopic (exact) mass is 450 g/mol. The van der Waals surface area contributed by atoms with Crippen molar-refractivity contribution >= 4 is 22.6 Å². The zero-order valence-corrected chi connectivity index (χ0v) is 20.1. The van der Waals surface area contributed by atoms with Crippen LogP contribution in [0.15, 0.2) is 30.3 Å². The fourth-order valence-corrected chi connectivity index (χ4v) is 4.42. The van der Waals surface area contributed by atoms with Gasteiger partial charge < -0.3 is 15.0 Å². The number of nitrogens with one attached hydrogen (secondary N) is 1. The number of anilines is 1. The predicted octanol–water partition coefficient (Wildman–Crippen LogP) is 2.60. The smallest absolute Gasteiger partial charge is 0.258 e. The summed E-state index contributed by atoms with van der Waals surface area (Å²) in [6.45, 7) is 11.8. The molecule has 1 saturated heterocycles. The van der Waals surface area contributed by atoms with Crippen LogP contribution in [-0.2, 0) is 11.8 Å². The number of nitrogens with zero attached hydrogens (tertiary/aromatic N) is 5. The molecule has 8 heteroatoms. The minimum atomic E-state index is -0.129. The van der Waals surface area contributed by atoms with E-state index >= 15 is 0 Å². The number of fused-ring (bicyclic) bond motifs is 1. The summed E-state index contributed by atoms with van der Waals surface area (Å²) in [6, 6.07) is 10.7. The summed E-state index contributed by atoms with van der Waals surface area (Å²) >= 11 is 0. The van der Waals surface area contributed by atoms with E-state index in [2.05, 4.69) is 56.4 Å². The van der Waals surface area contributed by atoms with Gasteiger partial charge in [-0.1, -0.05) is 12.1 Å². The lowest BCUT2D eigenvalue weighted by atomic mass is 10.2. The van der Waals surface area contributed by atoms with Gasteiger partial charge in [0.15, 0.2) is 12.3 Å². The zero-order valence-electron chi connectivity index (χ0n) is 20.1. The summed E-state index contributed by atoms with van der Waals surface area (Å²) in [5, 5.41) is 8.22. The van der Waals surface area contributed by atoms with Gasteiger partial charge in [0.1, 0.15) is 0 Å². The molecule has 0 aliphatic carbocycles. The molecule has 3 aromatic rings. The largest absolute Gasteiger partial charge is 0.466 e. The molecule has 0 saturated carbocycles. The number of aryl methyl sites for hydroxylation is 4. The molecule has 2 aromatic heterocycles. The third kappa shape index (κ3) is 5.63. The SMILES string of the molecule is Cc1cccc(N2CCN(CCCNC(=O)COc3nn(C)c4nc(C)cc(C)c34)CC2)c1. The summed E-state index contributed by atoms with van der Waals surface area (Å²) in [6.07, 6.45) is 0.922. The number of hydrogen-bond acceptors (Lipinski definition) is 6. The molecule has 1 fully saturated rings. The summed E-state index contributed by atoms with van der Waals surface area (Å²) in [4.78, 5) is 21.7. The van der Waals surface area contributed by atoms with Gasteiger partial charge in [-0.2, -0.15) is 0 Å². The molecule has 4 rings (SSSR count). The lowest BCUT2D eigenvalue weighted by Gasteiger charge is -2.36. The Hall–Kier alpha value is -3.13. The highest BCUT2D eigenvalue weighted by Crippen LogP contribution is 2.27. The molecule has 33 heavy (non-hydrogen) atoms. The first-order valence-electron chi connectivity index (χ1n) is 11.6. The lowest BCUT2D eigenvalue weighted by Crippen LogP contribution is -2.47. The fraction of sp³-hybridized carbons (Fsp3) is 0.480. The van der Waals surface area contributed by atoms with Crippen molar-refractivity contribution in [2.75, 3.05) is 50.8 Å². The van der Waals surface area contributed by atoms with Gasteiger partial charge in [-0.05, 0) is 63.1 Å². The van der Waals surface area contributed by atoms with Crippen LogP contribution < -0.4 is 15.0 Å². The predicted molar refractivity (Wildman–Crippen MR) is 131 cm³/mol. The van der Waals surface area contributed by atoms with Crippen LogP contribution in [0.5, 0.6) is 5.88 Å². The van der Waals surface area contributed by atoms with E-state index in [1.807, 2.05) is 27.0 Å². The Morgan fingerprint density at radius 1 is 1.12 bits per heavy atom. The first kappa shape index (κ1) is 23.0. The van der Waals surface area contributed by atoms with Crippen molar-refractivity contribution in [2.45, 2.75) is 27.2 Å². The van der Waals surface area contributed by atoms with E-state index in [0.29, 0.717) is 12.4 Å². The Morgan fingerprint density at radius 3 is 2.67 bits per heavy atom. The molecule has 1 aliphatic rings. The normalized spacial score (nSPS) is 14.6. The lowest BCUT2D eigenvalue weighted by molar-refractivity contribution is -0.123. The van der Waals surface area contributed by atoms with Gasteiger partial charge in [0.05, 0.1) is 5.39 Å². The van der Waals surface area contributed by atoms with E-state index < -0.39 is 0 Å². The highest BCUT2D eigenvalue weighted by atomic mass is 16.5. The average Bonchev–Trinajstić information content (AvgIpc) is 3.11. The number of ether oxygens (including phenoxy) is 1. The first-order valence-corrected chi connectivity index (χ1v) is 11.6. The Morgan fingerprint density at radius 2 is 1.91 bits per heavy atom. The Labute approximate surface area is 195 Å². The highest BCUT2D eigenvalue weighted by Gasteiger charge is 2.18. The molecule has 0 unspecified atom stereocenters. The molecule has 8 nitrogen and oxygen atoms in total. The third-order valence-electron chi connectivity index (χ3n) is 6.14. The number of carbonyl (C=O) groups is 1. The van der Waals surface area contributed by atoms with Gasteiger partial charge in [0.25, 0.3) is 5.91 Å². The van der Waals surface area contributed by atoms with Crippen molar-refractivity contribution < 1.29 is 9.53 Å². The summed E-state index contributed by atoms with van der Waals surface area (Å²) in [5.74, 6) is 0.329. The van der Waals surface area contributed by atoms with Crippen molar-refractivity contribution in [3.8, 4) is 5.88 Å². The van der Waals surface area contributed by atoms with Gasteiger partial charge in [-0.15, -0.1) is 5.10 Å². The molecule has 1 aromatic carbocycles. The van der Waals surface area contributed by atoms with E-state index in [0.717, 1.165) is 61.4 Å². The maximum atomic E-state index is 12.3. The summed E-state index contributed by atoms with van der Waals surface area (Å²) < 4.78 is 7.43. The van der Waals surface area contributed by atoms with Crippen LogP contribution in [0.25, 0.3) is 11.0 Å². The van der Waals surface area contributed by atoms with Crippen LogP contribution in [-0.4, -0.2) is 71.4 Å². The van der Waals surface area contributed by atoms with Crippen molar-refractivity contribution in [1.82, 2.24) is 25.0 Å². The van der Waals surface area contributed by atoms with Crippen LogP contribution in [0.2, 0.25) is 0 Å². The molecule has 176 valence electrons. The van der Waals surface area contributed by atoms with Crippen molar-refractivity contribution in [1.29, 1.82) is 0 Å². The van der Waals surface area contributed by atoms with Crippen LogP contribution >= 0.6 is 0 Å². The first-order chi connectivity index (χ1) is 15.9. The van der Waals surface area contributed by atoms with Crippen molar-refractivity contribution in [3.05, 3.63) is 47.2 Å². The minimum Gasteiger partial charge on any atom is -0.466 e. The maximum absolute atomic E-state index is 12.3. The second-order valence-electron chi connectivity index (χ2n) is 8.87. The topological polar surface area (TPSA) is 75.5 Å². The molecular weight excluding hydrogens is 416 g/mol. The molecule has 0 atom stereocenters. The van der Waals surface area contributed by atoms with E-state index in [-0.39, 0.29) is 12.5 Å². The molecule has 3 heterocycles. The summed E-state index contributed by atoms with van der Waals surface area (Å²) in [7, 11) is 1.84. The molecular formula is C25H34N6O2. The highest BCUT2D eigenvalue weighted by molar-refractivity contribution is 5.85. The number of carbonyl (C=O) groups excluding carboxylic acids is 1. The van der Waals surface area contributed by atoms with Gasteiger partial charge in [-0.3, -0.25) is 9.69 Å². The van der Waals surface area contributed by atoms with E-state index in [1.165, 1.54) is 11.3 Å².